The minimum atomic E-state index is -0.265. The predicted molar refractivity (Wildman–Crippen MR) is 68.8 cm³/mol. The average Bonchev–Trinajstić information content (AvgIpc) is 2.35. The van der Waals surface area contributed by atoms with Crippen LogP contribution in [0.25, 0.3) is 0 Å². The van der Waals surface area contributed by atoms with Gasteiger partial charge in [0.2, 0.25) is 0 Å². The molecule has 0 unspecified atom stereocenters. The summed E-state index contributed by atoms with van der Waals surface area (Å²) in [7, 11) is 0. The molecule has 3 nitrogen and oxygen atoms in total. The van der Waals surface area contributed by atoms with Crippen molar-refractivity contribution in [2.45, 2.75) is 25.9 Å². The van der Waals surface area contributed by atoms with E-state index in [0.717, 1.165) is 11.3 Å². The van der Waals surface area contributed by atoms with Gasteiger partial charge in [-0.3, -0.25) is 0 Å². The first-order valence-electron chi connectivity index (χ1n) is 5.58. The van der Waals surface area contributed by atoms with Crippen molar-refractivity contribution in [1.29, 1.82) is 0 Å². The van der Waals surface area contributed by atoms with E-state index >= 15 is 0 Å². The van der Waals surface area contributed by atoms with E-state index in [2.05, 4.69) is 11.2 Å². The summed E-state index contributed by atoms with van der Waals surface area (Å²) in [5.74, 6) is 3.19. The van der Waals surface area contributed by atoms with E-state index in [9.17, 15) is 0 Å². The SMILES string of the molecule is C#CCOc1ccc(CNC(C)(C)CO)cc1. The molecule has 0 aliphatic rings. The lowest BCUT2D eigenvalue weighted by Gasteiger charge is -2.23. The molecule has 0 atom stereocenters. The van der Waals surface area contributed by atoms with Crippen molar-refractivity contribution in [2.24, 2.45) is 0 Å². The van der Waals surface area contributed by atoms with Gasteiger partial charge in [-0.1, -0.05) is 18.1 Å². The summed E-state index contributed by atoms with van der Waals surface area (Å²) in [5, 5.41) is 12.4. The standard InChI is InChI=1S/C14H19NO2/c1-4-9-17-13-7-5-12(6-8-13)10-15-14(2,3)11-16/h1,5-8,15-16H,9-11H2,2-3H3. The Morgan fingerprint density at radius 2 is 2.00 bits per heavy atom. The van der Waals surface area contributed by atoms with Crippen LogP contribution in [0.2, 0.25) is 0 Å². The van der Waals surface area contributed by atoms with Gasteiger partial charge in [-0.05, 0) is 31.5 Å². The van der Waals surface area contributed by atoms with Gasteiger partial charge in [0.1, 0.15) is 12.4 Å². The number of benzene rings is 1. The fraction of sp³-hybridized carbons (Fsp3) is 0.429. The third-order valence-electron chi connectivity index (χ3n) is 2.41. The van der Waals surface area contributed by atoms with E-state index in [1.807, 2.05) is 38.1 Å². The Hall–Kier alpha value is -1.50. The monoisotopic (exact) mass is 233 g/mol. The average molecular weight is 233 g/mol. The highest BCUT2D eigenvalue weighted by atomic mass is 16.5. The van der Waals surface area contributed by atoms with Gasteiger partial charge in [0, 0.05) is 12.1 Å². The van der Waals surface area contributed by atoms with Gasteiger partial charge in [0.05, 0.1) is 6.61 Å². The maximum Gasteiger partial charge on any atom is 0.148 e. The maximum absolute atomic E-state index is 9.11. The van der Waals surface area contributed by atoms with E-state index in [-0.39, 0.29) is 18.8 Å². The third kappa shape index (κ3) is 4.90. The summed E-state index contributed by atoms with van der Waals surface area (Å²) < 4.78 is 5.28. The molecule has 1 rings (SSSR count). The third-order valence-corrected chi connectivity index (χ3v) is 2.41. The Morgan fingerprint density at radius 3 is 2.53 bits per heavy atom. The fourth-order valence-electron chi connectivity index (χ4n) is 1.23. The summed E-state index contributed by atoms with van der Waals surface area (Å²) in [6.45, 7) is 5.02. The van der Waals surface area contributed by atoms with Crippen molar-refractivity contribution in [3.63, 3.8) is 0 Å². The molecule has 0 spiro atoms. The van der Waals surface area contributed by atoms with Crippen molar-refractivity contribution in [1.82, 2.24) is 5.32 Å². The van der Waals surface area contributed by atoms with Crippen LogP contribution in [0.1, 0.15) is 19.4 Å². The number of aliphatic hydroxyl groups is 1. The molecule has 0 radical (unpaired) electrons. The second-order valence-electron chi connectivity index (χ2n) is 4.53. The van der Waals surface area contributed by atoms with Gasteiger partial charge in [-0.25, -0.2) is 0 Å². The summed E-state index contributed by atoms with van der Waals surface area (Å²) >= 11 is 0. The Balaban J connectivity index is 2.49. The lowest BCUT2D eigenvalue weighted by atomic mass is 10.1. The molecule has 0 saturated heterocycles. The molecule has 0 heterocycles. The molecule has 0 fully saturated rings. The van der Waals surface area contributed by atoms with Crippen molar-refractivity contribution < 1.29 is 9.84 Å². The molecule has 0 aromatic heterocycles. The highest BCUT2D eigenvalue weighted by Gasteiger charge is 2.14. The van der Waals surface area contributed by atoms with E-state index in [1.54, 1.807) is 0 Å². The van der Waals surface area contributed by atoms with Crippen LogP contribution in [0, 0.1) is 12.3 Å². The van der Waals surface area contributed by atoms with Crippen LogP contribution in [0.4, 0.5) is 0 Å². The molecule has 0 bridgehead atoms. The number of hydrogen-bond donors (Lipinski definition) is 2. The van der Waals surface area contributed by atoms with Crippen LogP contribution in [0.15, 0.2) is 24.3 Å². The molecular formula is C14H19NO2. The van der Waals surface area contributed by atoms with E-state index in [0.29, 0.717) is 6.54 Å². The van der Waals surface area contributed by atoms with Gasteiger partial charge in [-0.15, -0.1) is 6.42 Å². The predicted octanol–water partition coefficient (Wildman–Crippen LogP) is 1.56. The van der Waals surface area contributed by atoms with E-state index in [1.165, 1.54) is 0 Å². The smallest absolute Gasteiger partial charge is 0.148 e. The molecule has 1 aromatic carbocycles. The minimum absolute atomic E-state index is 0.108. The Bertz CT molecular complexity index is 376. The normalized spacial score (nSPS) is 10.9. The Kier molecular flexibility index (Phi) is 5.02. The lowest BCUT2D eigenvalue weighted by molar-refractivity contribution is 0.187. The quantitative estimate of drug-likeness (QED) is 0.733. The Morgan fingerprint density at radius 1 is 1.35 bits per heavy atom. The van der Waals surface area contributed by atoms with Crippen molar-refractivity contribution in [3.05, 3.63) is 29.8 Å². The fourth-order valence-corrected chi connectivity index (χ4v) is 1.23. The zero-order chi connectivity index (χ0) is 12.7. The zero-order valence-corrected chi connectivity index (χ0v) is 10.4. The lowest BCUT2D eigenvalue weighted by Crippen LogP contribution is -2.42. The molecular weight excluding hydrogens is 214 g/mol. The first kappa shape index (κ1) is 13.6. The minimum Gasteiger partial charge on any atom is -0.481 e. The van der Waals surface area contributed by atoms with Crippen molar-refractivity contribution >= 4 is 0 Å². The number of nitrogens with one attached hydrogen (secondary N) is 1. The molecule has 0 aliphatic carbocycles. The second kappa shape index (κ2) is 6.29. The van der Waals surface area contributed by atoms with E-state index in [4.69, 9.17) is 16.3 Å². The highest BCUT2D eigenvalue weighted by Crippen LogP contribution is 2.12. The highest BCUT2D eigenvalue weighted by molar-refractivity contribution is 5.27. The molecule has 0 amide bonds. The van der Waals surface area contributed by atoms with E-state index < -0.39 is 0 Å². The van der Waals surface area contributed by atoms with Gasteiger partial charge in [0.15, 0.2) is 0 Å². The molecule has 92 valence electrons. The largest absolute Gasteiger partial charge is 0.481 e. The van der Waals surface area contributed by atoms with Gasteiger partial charge < -0.3 is 15.2 Å². The number of aliphatic hydroxyl groups excluding tert-OH is 1. The second-order valence-corrected chi connectivity index (χ2v) is 4.53. The van der Waals surface area contributed by atoms with Crippen LogP contribution >= 0.6 is 0 Å². The molecule has 0 aliphatic heterocycles. The number of rotatable bonds is 6. The summed E-state index contributed by atoms with van der Waals surface area (Å²) in [6.07, 6.45) is 5.11. The van der Waals surface area contributed by atoms with Crippen molar-refractivity contribution in [2.75, 3.05) is 13.2 Å². The molecule has 0 saturated carbocycles. The number of hydrogen-bond acceptors (Lipinski definition) is 3. The number of ether oxygens (including phenoxy) is 1. The summed E-state index contributed by atoms with van der Waals surface area (Å²) in [5.41, 5.74) is 0.873. The van der Waals surface area contributed by atoms with Crippen LogP contribution in [0.3, 0.4) is 0 Å². The summed E-state index contributed by atoms with van der Waals surface area (Å²) in [4.78, 5) is 0. The van der Waals surface area contributed by atoms with Gasteiger partial charge in [0.25, 0.3) is 0 Å². The van der Waals surface area contributed by atoms with Crippen LogP contribution < -0.4 is 10.1 Å². The maximum atomic E-state index is 9.11. The first-order chi connectivity index (χ1) is 8.07. The Labute approximate surface area is 103 Å². The number of terminal acetylenes is 1. The molecule has 2 N–H and O–H groups in total. The van der Waals surface area contributed by atoms with Gasteiger partial charge in [-0.2, -0.15) is 0 Å². The van der Waals surface area contributed by atoms with Crippen LogP contribution in [-0.2, 0) is 6.54 Å². The zero-order valence-electron chi connectivity index (χ0n) is 10.4. The topological polar surface area (TPSA) is 41.5 Å². The van der Waals surface area contributed by atoms with Crippen LogP contribution in [0.5, 0.6) is 5.75 Å². The molecule has 17 heavy (non-hydrogen) atoms. The first-order valence-corrected chi connectivity index (χ1v) is 5.58. The molecule has 3 heteroatoms. The molecule has 1 aromatic rings. The van der Waals surface area contributed by atoms with Gasteiger partial charge >= 0.3 is 0 Å². The van der Waals surface area contributed by atoms with Crippen molar-refractivity contribution in [3.8, 4) is 18.1 Å². The summed E-state index contributed by atoms with van der Waals surface area (Å²) in [6, 6.07) is 7.74. The van der Waals surface area contributed by atoms with Crippen LogP contribution in [-0.4, -0.2) is 23.9 Å².